The van der Waals surface area contributed by atoms with Crippen LogP contribution in [0.25, 0.3) is 0 Å². The van der Waals surface area contributed by atoms with Gasteiger partial charge in [-0.1, -0.05) is 15.9 Å². The number of benzene rings is 1. The van der Waals surface area contributed by atoms with E-state index in [-0.39, 0.29) is 5.91 Å². The van der Waals surface area contributed by atoms with E-state index in [2.05, 4.69) is 21.2 Å². The van der Waals surface area contributed by atoms with Crippen molar-refractivity contribution in [1.29, 1.82) is 0 Å². The van der Waals surface area contributed by atoms with Crippen LogP contribution in [0.5, 0.6) is 0 Å². The topological polar surface area (TPSA) is 42.2 Å². The summed E-state index contributed by atoms with van der Waals surface area (Å²) in [6.45, 7) is 3.78. The van der Waals surface area contributed by atoms with Gasteiger partial charge < -0.3 is 9.73 Å². The number of nitrogens with one attached hydrogen (secondary N) is 1. The highest BCUT2D eigenvalue weighted by Crippen LogP contribution is 2.20. The monoisotopic (exact) mass is 293 g/mol. The standard InChI is InChI=1S/C13H12BrNO2/c1-8-5-11(3-4-12(8)14)15-13(16)10-6-9(2)17-7-10/h3-7H,1-2H3,(H,15,16). The maximum absolute atomic E-state index is 11.8. The van der Waals surface area contributed by atoms with Crippen LogP contribution in [0.3, 0.4) is 0 Å². The van der Waals surface area contributed by atoms with Crippen molar-refractivity contribution in [3.63, 3.8) is 0 Å². The first-order valence-electron chi connectivity index (χ1n) is 5.19. The average molecular weight is 294 g/mol. The highest BCUT2D eigenvalue weighted by Gasteiger charge is 2.09. The fourth-order valence-corrected chi connectivity index (χ4v) is 1.73. The Morgan fingerprint density at radius 3 is 2.65 bits per heavy atom. The summed E-state index contributed by atoms with van der Waals surface area (Å²) in [5.74, 6) is 0.561. The zero-order valence-electron chi connectivity index (χ0n) is 9.58. The van der Waals surface area contributed by atoms with Crippen molar-refractivity contribution in [2.75, 3.05) is 5.32 Å². The molecule has 0 aliphatic carbocycles. The van der Waals surface area contributed by atoms with Gasteiger partial charge in [0.25, 0.3) is 5.91 Å². The number of hydrogen-bond donors (Lipinski definition) is 1. The molecule has 2 aromatic rings. The second-order valence-electron chi connectivity index (χ2n) is 3.86. The van der Waals surface area contributed by atoms with Crippen LogP contribution in [0.15, 0.2) is 39.4 Å². The molecule has 1 aromatic heterocycles. The molecule has 88 valence electrons. The quantitative estimate of drug-likeness (QED) is 0.912. The van der Waals surface area contributed by atoms with E-state index >= 15 is 0 Å². The van der Waals surface area contributed by atoms with Gasteiger partial charge in [-0.15, -0.1) is 0 Å². The van der Waals surface area contributed by atoms with Gasteiger partial charge >= 0.3 is 0 Å². The fraction of sp³-hybridized carbons (Fsp3) is 0.154. The normalized spacial score (nSPS) is 10.3. The van der Waals surface area contributed by atoms with Crippen LogP contribution in [0.4, 0.5) is 5.69 Å². The Bertz CT molecular complexity index is 560. The molecule has 0 saturated carbocycles. The van der Waals surface area contributed by atoms with Crippen molar-refractivity contribution in [3.05, 3.63) is 51.9 Å². The van der Waals surface area contributed by atoms with E-state index in [1.54, 1.807) is 13.0 Å². The molecule has 17 heavy (non-hydrogen) atoms. The number of rotatable bonds is 2. The molecule has 4 heteroatoms. The number of anilines is 1. The molecule has 1 aromatic carbocycles. The minimum atomic E-state index is -0.163. The van der Waals surface area contributed by atoms with Gasteiger partial charge in [0.1, 0.15) is 12.0 Å². The third-order valence-corrected chi connectivity index (χ3v) is 3.30. The molecule has 0 spiro atoms. The molecule has 0 unspecified atom stereocenters. The molecular formula is C13H12BrNO2. The van der Waals surface area contributed by atoms with Gasteiger partial charge in [-0.3, -0.25) is 4.79 Å². The largest absolute Gasteiger partial charge is 0.469 e. The number of hydrogen-bond acceptors (Lipinski definition) is 2. The van der Waals surface area contributed by atoms with E-state index in [4.69, 9.17) is 4.42 Å². The zero-order valence-corrected chi connectivity index (χ0v) is 11.2. The summed E-state index contributed by atoms with van der Waals surface area (Å²) >= 11 is 3.42. The molecule has 0 fully saturated rings. The van der Waals surface area contributed by atoms with E-state index in [1.807, 2.05) is 25.1 Å². The molecule has 0 bridgehead atoms. The average Bonchev–Trinajstić information content (AvgIpc) is 2.70. The Morgan fingerprint density at radius 1 is 1.29 bits per heavy atom. The van der Waals surface area contributed by atoms with Crippen molar-refractivity contribution in [3.8, 4) is 0 Å². The third kappa shape index (κ3) is 2.77. The SMILES string of the molecule is Cc1cc(C(=O)Nc2ccc(Br)c(C)c2)co1. The van der Waals surface area contributed by atoms with Crippen molar-refractivity contribution < 1.29 is 9.21 Å². The number of furan rings is 1. The first-order valence-corrected chi connectivity index (χ1v) is 5.98. The molecule has 1 heterocycles. The van der Waals surface area contributed by atoms with Gasteiger partial charge in [0.05, 0.1) is 5.56 Å². The number of carbonyl (C=O) groups is 1. The van der Waals surface area contributed by atoms with Gasteiger partial charge in [-0.2, -0.15) is 0 Å². The maximum atomic E-state index is 11.8. The fourth-order valence-electron chi connectivity index (χ4n) is 1.49. The molecule has 3 nitrogen and oxygen atoms in total. The van der Waals surface area contributed by atoms with E-state index in [1.165, 1.54) is 6.26 Å². The van der Waals surface area contributed by atoms with Crippen molar-refractivity contribution >= 4 is 27.5 Å². The Kier molecular flexibility index (Phi) is 3.33. The van der Waals surface area contributed by atoms with Gasteiger partial charge in [0.2, 0.25) is 0 Å². The van der Waals surface area contributed by atoms with Crippen LogP contribution in [-0.4, -0.2) is 5.91 Å². The van der Waals surface area contributed by atoms with E-state index in [9.17, 15) is 4.79 Å². The van der Waals surface area contributed by atoms with Crippen molar-refractivity contribution in [2.45, 2.75) is 13.8 Å². The van der Waals surface area contributed by atoms with Gasteiger partial charge in [-0.05, 0) is 43.7 Å². The molecular weight excluding hydrogens is 282 g/mol. The van der Waals surface area contributed by atoms with Crippen LogP contribution in [-0.2, 0) is 0 Å². The summed E-state index contributed by atoms with van der Waals surface area (Å²) in [6.07, 6.45) is 1.45. The smallest absolute Gasteiger partial charge is 0.258 e. The lowest BCUT2D eigenvalue weighted by Crippen LogP contribution is -2.10. The predicted molar refractivity (Wildman–Crippen MR) is 70.3 cm³/mol. The molecule has 2 rings (SSSR count). The third-order valence-electron chi connectivity index (χ3n) is 2.41. The summed E-state index contributed by atoms with van der Waals surface area (Å²) in [6, 6.07) is 7.38. The van der Waals surface area contributed by atoms with Crippen molar-refractivity contribution in [2.24, 2.45) is 0 Å². The number of halogens is 1. The van der Waals surface area contributed by atoms with Gasteiger partial charge in [0, 0.05) is 10.2 Å². The van der Waals surface area contributed by atoms with Crippen LogP contribution in [0, 0.1) is 13.8 Å². The summed E-state index contributed by atoms with van der Waals surface area (Å²) in [4.78, 5) is 11.8. The van der Waals surface area contributed by atoms with Gasteiger partial charge in [0.15, 0.2) is 0 Å². The molecule has 1 N–H and O–H groups in total. The highest BCUT2D eigenvalue weighted by atomic mass is 79.9. The molecule has 0 radical (unpaired) electrons. The van der Waals surface area contributed by atoms with E-state index in [0.29, 0.717) is 5.56 Å². The Balaban J connectivity index is 2.15. The number of carbonyl (C=O) groups excluding carboxylic acids is 1. The minimum Gasteiger partial charge on any atom is -0.469 e. The number of amides is 1. The molecule has 0 aliphatic rings. The molecule has 0 atom stereocenters. The predicted octanol–water partition coefficient (Wildman–Crippen LogP) is 3.91. The lowest BCUT2D eigenvalue weighted by Gasteiger charge is -2.05. The molecule has 0 saturated heterocycles. The molecule has 1 amide bonds. The first kappa shape index (κ1) is 11.9. The second-order valence-corrected chi connectivity index (χ2v) is 4.72. The summed E-state index contributed by atoms with van der Waals surface area (Å²) in [5, 5.41) is 2.82. The first-order chi connectivity index (χ1) is 8.06. The lowest BCUT2D eigenvalue weighted by molar-refractivity contribution is 0.102. The Hall–Kier alpha value is -1.55. The molecule has 0 aliphatic heterocycles. The van der Waals surface area contributed by atoms with E-state index < -0.39 is 0 Å². The number of aryl methyl sites for hydroxylation is 2. The summed E-state index contributed by atoms with van der Waals surface area (Å²) < 4.78 is 6.12. The van der Waals surface area contributed by atoms with Crippen LogP contribution < -0.4 is 5.32 Å². The summed E-state index contributed by atoms with van der Waals surface area (Å²) in [7, 11) is 0. The zero-order chi connectivity index (χ0) is 12.4. The minimum absolute atomic E-state index is 0.163. The Labute approximate surface area is 108 Å². The van der Waals surface area contributed by atoms with E-state index in [0.717, 1.165) is 21.5 Å². The van der Waals surface area contributed by atoms with Crippen LogP contribution in [0.2, 0.25) is 0 Å². The van der Waals surface area contributed by atoms with Gasteiger partial charge in [-0.25, -0.2) is 0 Å². The highest BCUT2D eigenvalue weighted by molar-refractivity contribution is 9.10. The maximum Gasteiger partial charge on any atom is 0.258 e. The second kappa shape index (κ2) is 4.75. The van der Waals surface area contributed by atoms with Crippen LogP contribution >= 0.6 is 15.9 Å². The van der Waals surface area contributed by atoms with Crippen molar-refractivity contribution in [1.82, 2.24) is 0 Å². The lowest BCUT2D eigenvalue weighted by atomic mass is 10.2. The summed E-state index contributed by atoms with van der Waals surface area (Å²) in [5.41, 5.74) is 2.38. The Morgan fingerprint density at radius 2 is 2.06 bits per heavy atom. The van der Waals surface area contributed by atoms with Crippen LogP contribution in [0.1, 0.15) is 21.7 Å².